The van der Waals surface area contributed by atoms with Gasteiger partial charge in [0.1, 0.15) is 20.6 Å². The molecule has 1 heterocycles. The van der Waals surface area contributed by atoms with Crippen molar-refractivity contribution in [1.29, 1.82) is 0 Å². The van der Waals surface area contributed by atoms with Crippen LogP contribution < -0.4 is 4.74 Å². The molecular formula is C30H25IN2O. The molecule has 0 amide bonds. The van der Waals surface area contributed by atoms with Gasteiger partial charge in [0.15, 0.2) is 0 Å². The summed E-state index contributed by atoms with van der Waals surface area (Å²) < 4.78 is 9.45. The third-order valence-electron chi connectivity index (χ3n) is 6.82. The van der Waals surface area contributed by atoms with Crippen molar-refractivity contribution in [1.82, 2.24) is 9.78 Å². The molecule has 0 unspecified atom stereocenters. The molecule has 1 aliphatic carbocycles. The molecule has 0 saturated heterocycles. The molecule has 4 heteroatoms. The van der Waals surface area contributed by atoms with Gasteiger partial charge in [0, 0.05) is 5.39 Å². The van der Waals surface area contributed by atoms with Gasteiger partial charge in [-0.1, -0.05) is 91.0 Å². The number of hydrogen-bond donors (Lipinski definition) is 0. The van der Waals surface area contributed by atoms with Crippen LogP contribution in [-0.2, 0) is 5.54 Å². The number of hydrogen-bond acceptors (Lipinski definition) is 2. The van der Waals surface area contributed by atoms with Crippen molar-refractivity contribution in [2.45, 2.75) is 30.9 Å². The second-order valence-corrected chi connectivity index (χ2v) is 10.3. The first-order chi connectivity index (χ1) is 16.6. The minimum Gasteiger partial charge on any atom is -0.488 e. The molecule has 1 aliphatic rings. The van der Waals surface area contributed by atoms with Crippen molar-refractivity contribution in [3.63, 3.8) is 0 Å². The molecule has 5 aromatic rings. The molecule has 1 aromatic heterocycles. The maximum Gasteiger partial charge on any atom is 0.138 e. The molecular weight excluding hydrogens is 531 g/mol. The fourth-order valence-corrected chi connectivity index (χ4v) is 5.50. The van der Waals surface area contributed by atoms with Gasteiger partial charge in [-0.3, -0.25) is 0 Å². The molecule has 4 aromatic carbocycles. The number of ether oxygens (including phenoxy) is 1. The SMILES string of the molecule is CC1(Oc2ccc3c(c2)c(I)nn3C(c2ccccc2)(c2ccccc2)c2ccccc2)CC1. The number of aromatic nitrogens is 2. The summed E-state index contributed by atoms with van der Waals surface area (Å²) in [6.07, 6.45) is 2.22. The quantitative estimate of drug-likeness (QED) is 0.161. The molecule has 0 atom stereocenters. The van der Waals surface area contributed by atoms with Gasteiger partial charge in [0.25, 0.3) is 0 Å². The molecule has 0 radical (unpaired) electrons. The summed E-state index contributed by atoms with van der Waals surface area (Å²) >= 11 is 2.36. The zero-order valence-corrected chi connectivity index (χ0v) is 21.1. The van der Waals surface area contributed by atoms with Gasteiger partial charge in [-0.2, -0.15) is 5.10 Å². The van der Waals surface area contributed by atoms with Crippen LogP contribution >= 0.6 is 22.6 Å². The van der Waals surface area contributed by atoms with Gasteiger partial charge in [-0.25, -0.2) is 4.68 Å². The lowest BCUT2D eigenvalue weighted by atomic mass is 9.77. The van der Waals surface area contributed by atoms with E-state index in [9.17, 15) is 0 Å². The lowest BCUT2D eigenvalue weighted by molar-refractivity contribution is 0.200. The highest BCUT2D eigenvalue weighted by Gasteiger charge is 2.42. The predicted octanol–water partition coefficient (Wildman–Crippen LogP) is 7.41. The third-order valence-corrected chi connectivity index (χ3v) is 7.61. The standard InChI is InChI=1S/C30H25IN2O/c1-29(19-20-29)34-25-17-18-27-26(21-25)28(31)32-33(27)30(22-11-5-2-6-12-22,23-13-7-3-8-14-23)24-15-9-4-10-16-24/h2-18,21H,19-20H2,1H3. The minimum atomic E-state index is -0.629. The summed E-state index contributed by atoms with van der Waals surface area (Å²) in [6.45, 7) is 2.18. The van der Waals surface area contributed by atoms with Crippen LogP contribution in [0, 0.1) is 3.70 Å². The summed E-state index contributed by atoms with van der Waals surface area (Å²) in [5, 5.41) is 6.30. The topological polar surface area (TPSA) is 27.1 Å². The van der Waals surface area contributed by atoms with Crippen molar-refractivity contribution in [2.24, 2.45) is 0 Å². The van der Waals surface area contributed by atoms with Crippen molar-refractivity contribution in [3.8, 4) is 5.75 Å². The number of nitrogens with zero attached hydrogens (tertiary/aromatic N) is 2. The molecule has 1 saturated carbocycles. The van der Waals surface area contributed by atoms with E-state index in [1.165, 1.54) is 16.7 Å². The Bertz CT molecular complexity index is 1340. The van der Waals surface area contributed by atoms with E-state index in [4.69, 9.17) is 9.84 Å². The first-order valence-electron chi connectivity index (χ1n) is 11.6. The average molecular weight is 556 g/mol. The molecule has 3 nitrogen and oxygen atoms in total. The van der Waals surface area contributed by atoms with E-state index in [0.717, 1.165) is 33.2 Å². The molecule has 1 fully saturated rings. The second kappa shape index (κ2) is 8.27. The van der Waals surface area contributed by atoms with Crippen molar-refractivity contribution >= 4 is 33.5 Å². The van der Waals surface area contributed by atoms with E-state index in [2.05, 4.69) is 143 Å². The van der Waals surface area contributed by atoms with E-state index in [1.807, 2.05) is 0 Å². The maximum atomic E-state index is 6.28. The highest BCUT2D eigenvalue weighted by molar-refractivity contribution is 14.1. The van der Waals surface area contributed by atoms with Gasteiger partial charge < -0.3 is 4.74 Å². The van der Waals surface area contributed by atoms with Crippen LogP contribution in [0.4, 0.5) is 0 Å². The van der Waals surface area contributed by atoms with Crippen LogP contribution in [0.25, 0.3) is 10.9 Å². The normalized spacial score (nSPS) is 14.8. The van der Waals surface area contributed by atoms with E-state index in [1.54, 1.807) is 0 Å². The van der Waals surface area contributed by atoms with Crippen LogP contribution in [0.2, 0.25) is 0 Å². The maximum absolute atomic E-state index is 6.28. The first kappa shape index (κ1) is 21.4. The van der Waals surface area contributed by atoms with Crippen molar-refractivity contribution in [2.75, 3.05) is 0 Å². The Morgan fingerprint density at radius 2 is 1.26 bits per heavy atom. The first-order valence-corrected chi connectivity index (χ1v) is 12.7. The van der Waals surface area contributed by atoms with Crippen LogP contribution in [0.1, 0.15) is 36.5 Å². The van der Waals surface area contributed by atoms with Gasteiger partial charge in [-0.15, -0.1) is 0 Å². The fraction of sp³-hybridized carbons (Fsp3) is 0.167. The molecule has 0 N–H and O–H groups in total. The Morgan fingerprint density at radius 3 is 1.74 bits per heavy atom. The van der Waals surface area contributed by atoms with Gasteiger partial charge in [0.2, 0.25) is 0 Å². The number of fused-ring (bicyclic) bond motifs is 1. The summed E-state index contributed by atoms with van der Waals surface area (Å²) in [4.78, 5) is 0. The molecule has 0 bridgehead atoms. The lowest BCUT2D eigenvalue weighted by Gasteiger charge is -2.37. The van der Waals surface area contributed by atoms with Gasteiger partial charge in [0.05, 0.1) is 5.52 Å². The van der Waals surface area contributed by atoms with E-state index >= 15 is 0 Å². The zero-order valence-electron chi connectivity index (χ0n) is 19.0. The summed E-state index contributed by atoms with van der Waals surface area (Å²) in [5.41, 5.74) is 3.93. The second-order valence-electron chi connectivity index (χ2n) is 9.24. The molecule has 6 rings (SSSR count). The Labute approximate surface area is 213 Å². The van der Waals surface area contributed by atoms with Gasteiger partial charge >= 0.3 is 0 Å². The largest absolute Gasteiger partial charge is 0.488 e. The molecule has 168 valence electrons. The summed E-state index contributed by atoms with van der Waals surface area (Å²) in [5.74, 6) is 0.912. The molecule has 34 heavy (non-hydrogen) atoms. The van der Waals surface area contributed by atoms with Crippen molar-refractivity contribution < 1.29 is 4.74 Å². The summed E-state index contributed by atoms with van der Waals surface area (Å²) in [6, 6.07) is 38.4. The van der Waals surface area contributed by atoms with E-state index < -0.39 is 5.54 Å². The number of benzene rings is 4. The van der Waals surface area contributed by atoms with E-state index in [0.29, 0.717) is 0 Å². The fourth-order valence-electron chi connectivity index (χ4n) is 4.85. The Morgan fingerprint density at radius 1 is 0.765 bits per heavy atom. The highest BCUT2D eigenvalue weighted by Crippen LogP contribution is 2.44. The zero-order chi connectivity index (χ0) is 23.2. The minimum absolute atomic E-state index is 0.0169. The monoisotopic (exact) mass is 556 g/mol. The van der Waals surface area contributed by atoms with Crippen molar-refractivity contribution in [3.05, 3.63) is 130 Å². The highest BCUT2D eigenvalue weighted by atomic mass is 127. The van der Waals surface area contributed by atoms with E-state index in [-0.39, 0.29) is 5.60 Å². The lowest BCUT2D eigenvalue weighted by Crippen LogP contribution is -2.38. The van der Waals surface area contributed by atoms with Crippen LogP contribution in [0.5, 0.6) is 5.75 Å². The average Bonchev–Trinajstić information content (AvgIpc) is 3.52. The van der Waals surface area contributed by atoms with Crippen LogP contribution in [-0.4, -0.2) is 15.4 Å². The molecule has 0 spiro atoms. The van der Waals surface area contributed by atoms with Crippen LogP contribution in [0.15, 0.2) is 109 Å². The van der Waals surface area contributed by atoms with Gasteiger partial charge in [-0.05, 0) is 77.2 Å². The Hall–Kier alpha value is -3.12. The van der Waals surface area contributed by atoms with Crippen LogP contribution in [0.3, 0.4) is 0 Å². The third kappa shape index (κ3) is 3.52. The Balaban J connectivity index is 1.67. The smallest absolute Gasteiger partial charge is 0.138 e. The summed E-state index contributed by atoms with van der Waals surface area (Å²) in [7, 11) is 0. The molecule has 0 aliphatic heterocycles. The Kier molecular flexibility index (Phi) is 5.21. The predicted molar refractivity (Wildman–Crippen MR) is 145 cm³/mol. The number of rotatable bonds is 6. The number of halogens is 1.